The molecule has 0 aliphatic heterocycles. The molecule has 0 saturated carbocycles. The molecule has 7 heteroatoms. The molecule has 0 unspecified atom stereocenters. The molecule has 4 heterocycles. The zero-order valence-corrected chi connectivity index (χ0v) is 21.7. The third-order valence-corrected chi connectivity index (χ3v) is 6.67. The number of fused-ring (bicyclic) bond motifs is 1. The van der Waals surface area contributed by atoms with Gasteiger partial charge in [-0.1, -0.05) is 30.3 Å². The fourth-order valence-electron chi connectivity index (χ4n) is 4.34. The molecule has 0 fully saturated rings. The van der Waals surface area contributed by atoms with E-state index in [0.717, 1.165) is 62.5 Å². The molecule has 0 aliphatic rings. The van der Waals surface area contributed by atoms with Gasteiger partial charge >= 0.3 is 0 Å². The van der Waals surface area contributed by atoms with Crippen molar-refractivity contribution < 1.29 is 0 Å². The van der Waals surface area contributed by atoms with Crippen LogP contribution in [-0.4, -0.2) is 55.7 Å². The van der Waals surface area contributed by atoms with Crippen molar-refractivity contribution in [3.63, 3.8) is 0 Å². The summed E-state index contributed by atoms with van der Waals surface area (Å²) in [5, 5.41) is 9.32. The van der Waals surface area contributed by atoms with Gasteiger partial charge in [0.1, 0.15) is 11.3 Å². The number of benzene rings is 1. The molecule has 37 heavy (non-hydrogen) atoms. The van der Waals surface area contributed by atoms with Crippen LogP contribution in [0.1, 0.15) is 24.6 Å². The van der Waals surface area contributed by atoms with Gasteiger partial charge in [-0.3, -0.25) is 4.98 Å². The van der Waals surface area contributed by atoms with Crippen molar-refractivity contribution >= 4 is 16.7 Å². The number of aromatic amines is 1. The second kappa shape index (κ2) is 10.4. The summed E-state index contributed by atoms with van der Waals surface area (Å²) < 4.78 is 0. The van der Waals surface area contributed by atoms with Crippen LogP contribution in [0.3, 0.4) is 0 Å². The van der Waals surface area contributed by atoms with E-state index in [0.29, 0.717) is 18.3 Å². The highest BCUT2D eigenvalue weighted by molar-refractivity contribution is 5.92. The van der Waals surface area contributed by atoms with Crippen LogP contribution in [0, 0.1) is 12.3 Å². The lowest BCUT2D eigenvalue weighted by Crippen LogP contribution is -2.27. The number of pyridine rings is 2. The van der Waals surface area contributed by atoms with E-state index in [4.69, 9.17) is 15.4 Å². The minimum Gasteiger partial charge on any atom is -0.346 e. The molecule has 0 amide bonds. The summed E-state index contributed by atoms with van der Waals surface area (Å²) in [5.41, 5.74) is 8.14. The van der Waals surface area contributed by atoms with E-state index >= 15 is 0 Å². The van der Waals surface area contributed by atoms with Gasteiger partial charge in [0.2, 0.25) is 0 Å². The number of aryl methyl sites for hydroxylation is 1. The van der Waals surface area contributed by atoms with E-state index in [1.54, 1.807) is 0 Å². The predicted molar refractivity (Wildman–Crippen MR) is 150 cm³/mol. The Morgan fingerprint density at radius 3 is 2.49 bits per heavy atom. The monoisotopic (exact) mass is 489 g/mol. The average molecular weight is 490 g/mol. The summed E-state index contributed by atoms with van der Waals surface area (Å²) >= 11 is 0. The van der Waals surface area contributed by atoms with Gasteiger partial charge < -0.3 is 15.3 Å². The van der Waals surface area contributed by atoms with Crippen LogP contribution in [0.2, 0.25) is 0 Å². The van der Waals surface area contributed by atoms with Crippen LogP contribution in [-0.2, 0) is 6.42 Å². The number of hydrogen-bond acceptors (Lipinski definition) is 6. The highest BCUT2D eigenvalue weighted by Gasteiger charge is 2.14. The smallest absolute Gasteiger partial charge is 0.180 e. The van der Waals surface area contributed by atoms with E-state index in [1.807, 2.05) is 49.8 Å². The molecule has 5 aromatic rings. The first-order chi connectivity index (χ1) is 17.9. The lowest BCUT2D eigenvalue weighted by atomic mass is 9.99. The Morgan fingerprint density at radius 1 is 0.946 bits per heavy atom. The number of H-pyrrole nitrogens is 1. The molecule has 5 rings (SSSR count). The second-order valence-electron chi connectivity index (χ2n) is 9.76. The molecule has 186 valence electrons. The zero-order valence-electron chi connectivity index (χ0n) is 21.7. The topological polar surface area (TPSA) is 94.4 Å². The van der Waals surface area contributed by atoms with Gasteiger partial charge in [-0.25, -0.2) is 15.0 Å². The van der Waals surface area contributed by atoms with Crippen molar-refractivity contribution in [2.45, 2.75) is 32.7 Å². The van der Waals surface area contributed by atoms with Crippen LogP contribution in [0.5, 0.6) is 0 Å². The average Bonchev–Trinajstić information content (AvgIpc) is 3.37. The molecule has 0 spiro atoms. The SMILES string of the molecule is Cc1cccc(-c2nc(-c3cncc(-c4ccc(CC(=N)C[C@@H](C)N(C)C)cc4)c3)c3cc[nH]c3n2)n1. The number of nitrogens with one attached hydrogen (secondary N) is 2. The minimum atomic E-state index is 0.357. The Morgan fingerprint density at radius 2 is 1.73 bits per heavy atom. The molecule has 2 N–H and O–H groups in total. The predicted octanol–water partition coefficient (Wildman–Crippen LogP) is 5.96. The van der Waals surface area contributed by atoms with Crippen molar-refractivity contribution in [1.82, 2.24) is 29.8 Å². The molecule has 0 aliphatic carbocycles. The van der Waals surface area contributed by atoms with Crippen LogP contribution in [0.25, 0.3) is 44.9 Å². The largest absolute Gasteiger partial charge is 0.346 e. The summed E-state index contributed by atoms with van der Waals surface area (Å²) in [5.74, 6) is 0.578. The number of hydrogen-bond donors (Lipinski definition) is 2. The van der Waals surface area contributed by atoms with Crippen molar-refractivity contribution in [3.8, 4) is 33.9 Å². The quantitative estimate of drug-likeness (QED) is 0.262. The number of rotatable bonds is 8. The Bertz CT molecular complexity index is 1550. The van der Waals surface area contributed by atoms with E-state index in [2.05, 4.69) is 71.2 Å². The van der Waals surface area contributed by atoms with Gasteiger partial charge in [0.25, 0.3) is 0 Å². The van der Waals surface area contributed by atoms with E-state index in [-0.39, 0.29) is 0 Å². The number of aromatic nitrogens is 5. The standard InChI is InChI=1S/C30H31N7/c1-19-6-5-7-27(34-19)30-35-28(26-12-13-33-29(26)36-30)24-16-23(17-32-18-24)22-10-8-21(9-11-22)15-25(31)14-20(2)37(3)4/h5-13,16-18,20,31H,14-15H2,1-4H3,(H,33,35,36)/t20-/m1/s1. The molecule has 0 radical (unpaired) electrons. The Hall–Kier alpha value is -4.23. The minimum absolute atomic E-state index is 0.357. The lowest BCUT2D eigenvalue weighted by Gasteiger charge is -2.20. The first-order valence-electron chi connectivity index (χ1n) is 12.4. The van der Waals surface area contributed by atoms with Gasteiger partial charge in [0.15, 0.2) is 5.82 Å². The molecule has 4 aromatic heterocycles. The van der Waals surface area contributed by atoms with E-state index in [9.17, 15) is 0 Å². The van der Waals surface area contributed by atoms with Crippen molar-refractivity contribution in [2.24, 2.45) is 0 Å². The summed E-state index contributed by atoms with van der Waals surface area (Å²) in [6.07, 6.45) is 7.03. The van der Waals surface area contributed by atoms with Crippen LogP contribution >= 0.6 is 0 Å². The van der Waals surface area contributed by atoms with Crippen molar-refractivity contribution in [2.75, 3.05) is 14.1 Å². The third kappa shape index (κ3) is 5.47. The molecule has 0 bridgehead atoms. The fraction of sp³-hybridized carbons (Fsp3) is 0.233. The maximum Gasteiger partial charge on any atom is 0.180 e. The van der Waals surface area contributed by atoms with Crippen LogP contribution < -0.4 is 0 Å². The summed E-state index contributed by atoms with van der Waals surface area (Å²) in [7, 11) is 4.11. The maximum absolute atomic E-state index is 8.38. The molecule has 1 aromatic carbocycles. The first-order valence-corrected chi connectivity index (χ1v) is 12.4. The van der Waals surface area contributed by atoms with E-state index < -0.39 is 0 Å². The fourth-order valence-corrected chi connectivity index (χ4v) is 4.34. The van der Waals surface area contributed by atoms with Gasteiger partial charge in [0.05, 0.1) is 5.69 Å². The van der Waals surface area contributed by atoms with Gasteiger partial charge in [-0.15, -0.1) is 0 Å². The summed E-state index contributed by atoms with van der Waals surface area (Å²) in [6.45, 7) is 4.11. The van der Waals surface area contributed by atoms with Crippen molar-refractivity contribution in [1.29, 1.82) is 5.41 Å². The van der Waals surface area contributed by atoms with Crippen molar-refractivity contribution in [3.05, 3.63) is 84.4 Å². The maximum atomic E-state index is 8.38. The lowest BCUT2D eigenvalue weighted by molar-refractivity contribution is 0.320. The normalized spacial score (nSPS) is 12.2. The molecular formula is C30H31N7. The zero-order chi connectivity index (χ0) is 25.9. The Labute approximate surface area is 217 Å². The molecule has 7 nitrogen and oxygen atoms in total. The van der Waals surface area contributed by atoms with Crippen LogP contribution in [0.15, 0.2) is 73.2 Å². The molecule has 1 atom stereocenters. The van der Waals surface area contributed by atoms with Crippen LogP contribution in [0.4, 0.5) is 0 Å². The number of nitrogens with zero attached hydrogens (tertiary/aromatic N) is 5. The van der Waals surface area contributed by atoms with Gasteiger partial charge in [-0.2, -0.15) is 0 Å². The highest BCUT2D eigenvalue weighted by atomic mass is 15.1. The first kappa shape index (κ1) is 24.5. The summed E-state index contributed by atoms with van der Waals surface area (Å²) in [4.78, 5) is 24.1. The van der Waals surface area contributed by atoms with Gasteiger partial charge in [0, 0.05) is 65.4 Å². The molecular weight excluding hydrogens is 458 g/mol. The highest BCUT2D eigenvalue weighted by Crippen LogP contribution is 2.30. The Balaban J connectivity index is 1.43. The van der Waals surface area contributed by atoms with Gasteiger partial charge in [-0.05, 0) is 63.3 Å². The van der Waals surface area contributed by atoms with E-state index in [1.165, 1.54) is 0 Å². The Kier molecular flexibility index (Phi) is 6.88. The second-order valence-corrected chi connectivity index (χ2v) is 9.76. The summed E-state index contributed by atoms with van der Waals surface area (Å²) in [6, 6.07) is 18.7. The third-order valence-electron chi connectivity index (χ3n) is 6.67. The molecule has 0 saturated heterocycles.